The first kappa shape index (κ1) is 6.16. The molecule has 0 aliphatic carbocycles. The van der Waals surface area contributed by atoms with E-state index in [-0.39, 0.29) is 5.69 Å². The number of rotatable bonds is 1. The third-order valence-corrected chi connectivity index (χ3v) is 0.992. The third kappa shape index (κ3) is 1.47. The molecule has 3 heteroatoms. The molecule has 0 unspecified atom stereocenters. The van der Waals surface area contributed by atoms with Gasteiger partial charge >= 0.3 is 0 Å². The highest BCUT2D eigenvalue weighted by Crippen LogP contribution is 1.97. The molecule has 0 spiro atoms. The molecule has 9 heavy (non-hydrogen) atoms. The molecule has 0 bridgehead atoms. The van der Waals surface area contributed by atoms with Crippen molar-refractivity contribution in [3.8, 4) is 0 Å². The fourth-order valence-corrected chi connectivity index (χ4v) is 0.564. The fourth-order valence-electron chi connectivity index (χ4n) is 0.564. The van der Waals surface area contributed by atoms with E-state index in [4.69, 9.17) is 0 Å². The number of quaternary nitrogens is 1. The van der Waals surface area contributed by atoms with E-state index in [1.807, 2.05) is 0 Å². The number of benzene rings is 1. The van der Waals surface area contributed by atoms with Crippen LogP contribution in [0.4, 0.5) is 14.6 Å². The highest BCUT2D eigenvalue weighted by Gasteiger charge is 2.06. The van der Waals surface area contributed by atoms with Gasteiger partial charge in [-0.2, -0.15) is 0 Å². The van der Waals surface area contributed by atoms with E-state index in [2.05, 4.69) is 0 Å². The highest BCUT2D eigenvalue weighted by atomic mass is 19.4. The van der Waals surface area contributed by atoms with Crippen molar-refractivity contribution in [2.75, 3.05) is 0 Å². The predicted octanol–water partition coefficient (Wildman–Crippen LogP) is 0.972. The minimum Gasteiger partial charge on any atom is -0.0618 e. The molecule has 0 aliphatic heterocycles. The molecule has 0 saturated carbocycles. The summed E-state index contributed by atoms with van der Waals surface area (Å²) in [4.78, 5) is 0. The maximum atomic E-state index is 11.7. The summed E-state index contributed by atoms with van der Waals surface area (Å²) in [5.74, 6) is 0. The number of nitrogens with one attached hydrogen (secondary N) is 1. The largest absolute Gasteiger partial charge is 0.210 e. The molecule has 0 fully saturated rings. The lowest BCUT2D eigenvalue weighted by molar-refractivity contribution is -1.11. The van der Waals surface area contributed by atoms with E-state index in [0.29, 0.717) is 0 Å². The zero-order valence-electron chi connectivity index (χ0n) is 4.64. The van der Waals surface area contributed by atoms with Crippen LogP contribution >= 0.6 is 0 Å². The molecule has 0 heterocycles. The van der Waals surface area contributed by atoms with Gasteiger partial charge in [0.1, 0.15) is 0 Å². The zero-order chi connectivity index (χ0) is 6.69. The molecule has 1 rings (SSSR count). The Balaban J connectivity index is 2.85. The van der Waals surface area contributed by atoms with Gasteiger partial charge in [-0.25, -0.2) is 0 Å². The standard InChI is InChI=1S/C6H5F2N/c7-9(8)6-4-2-1-3-5-6/h1-5H/p+1. The Bertz CT molecular complexity index is 174. The van der Waals surface area contributed by atoms with E-state index in [9.17, 15) is 8.96 Å². The first-order valence-electron chi connectivity index (χ1n) is 2.54. The second-order valence-electron chi connectivity index (χ2n) is 1.63. The van der Waals surface area contributed by atoms with Gasteiger partial charge in [0.05, 0.1) is 5.34 Å². The van der Waals surface area contributed by atoms with Crippen LogP contribution in [0.2, 0.25) is 0 Å². The molecule has 0 aliphatic rings. The SMILES string of the molecule is F[NH+](F)c1ccccc1. The van der Waals surface area contributed by atoms with Crippen LogP contribution in [0, 0.1) is 0 Å². The zero-order valence-corrected chi connectivity index (χ0v) is 4.64. The maximum Gasteiger partial charge on any atom is 0.210 e. The Morgan fingerprint density at radius 3 is 1.89 bits per heavy atom. The predicted molar refractivity (Wildman–Crippen MR) is 29.3 cm³/mol. The average Bonchev–Trinajstić information content (AvgIpc) is 1.90. The summed E-state index contributed by atoms with van der Waals surface area (Å²) in [6, 6.07) is 7.60. The van der Waals surface area contributed by atoms with E-state index >= 15 is 0 Å². The maximum absolute atomic E-state index is 11.7. The average molecular weight is 130 g/mol. The van der Waals surface area contributed by atoms with Crippen LogP contribution in [0.25, 0.3) is 0 Å². The lowest BCUT2D eigenvalue weighted by atomic mass is 10.3. The molecule has 0 amide bonds. The Kier molecular flexibility index (Phi) is 1.75. The first-order valence-corrected chi connectivity index (χ1v) is 2.54. The van der Waals surface area contributed by atoms with Crippen LogP contribution in [-0.2, 0) is 0 Å². The number of hydrogen-bond acceptors (Lipinski definition) is 0. The van der Waals surface area contributed by atoms with Crippen molar-refractivity contribution < 1.29 is 14.3 Å². The molecule has 1 N–H and O–H groups in total. The molecule has 0 saturated heterocycles. The second kappa shape index (κ2) is 2.55. The van der Waals surface area contributed by atoms with Gasteiger partial charge in [0.2, 0.25) is 5.69 Å². The molecule has 1 nitrogen and oxygen atoms in total. The highest BCUT2D eigenvalue weighted by molar-refractivity contribution is 5.26. The van der Waals surface area contributed by atoms with E-state index in [0.717, 1.165) is 0 Å². The molecular formula is C6H6F2N+. The van der Waals surface area contributed by atoms with Crippen LogP contribution < -0.4 is 5.34 Å². The van der Waals surface area contributed by atoms with Gasteiger partial charge in [-0.1, -0.05) is 18.2 Å². The normalized spacial score (nSPS) is 10.1. The van der Waals surface area contributed by atoms with Crippen LogP contribution in [0.1, 0.15) is 0 Å². The third-order valence-electron chi connectivity index (χ3n) is 0.992. The molecular weight excluding hydrogens is 124 g/mol. The monoisotopic (exact) mass is 130 g/mol. The summed E-state index contributed by atoms with van der Waals surface area (Å²) in [6.07, 6.45) is 0. The van der Waals surface area contributed by atoms with Crippen molar-refractivity contribution in [3.63, 3.8) is 0 Å². The molecule has 1 aromatic rings. The summed E-state index contributed by atoms with van der Waals surface area (Å²) in [6.45, 7) is 0. The van der Waals surface area contributed by atoms with E-state index in [1.54, 1.807) is 18.2 Å². The van der Waals surface area contributed by atoms with Crippen LogP contribution in [0.15, 0.2) is 30.3 Å². The lowest BCUT2D eigenvalue weighted by Gasteiger charge is -1.89. The van der Waals surface area contributed by atoms with Gasteiger partial charge in [-0.15, -0.1) is 0 Å². The van der Waals surface area contributed by atoms with Crippen molar-refractivity contribution >= 4 is 5.69 Å². The molecule has 1 aromatic carbocycles. The Hall–Kier alpha value is -0.960. The summed E-state index contributed by atoms with van der Waals surface area (Å²) in [5, 5.41) is -1.63. The second-order valence-corrected chi connectivity index (χ2v) is 1.63. The van der Waals surface area contributed by atoms with E-state index < -0.39 is 5.34 Å². The van der Waals surface area contributed by atoms with Gasteiger partial charge in [0, 0.05) is 21.1 Å². The van der Waals surface area contributed by atoms with Gasteiger partial charge < -0.3 is 0 Å². The fraction of sp³-hybridized carbons (Fsp3) is 0. The Morgan fingerprint density at radius 2 is 1.56 bits per heavy atom. The smallest absolute Gasteiger partial charge is 0.0618 e. The van der Waals surface area contributed by atoms with Gasteiger partial charge in [-0.3, -0.25) is 0 Å². The molecule has 48 valence electrons. The van der Waals surface area contributed by atoms with Gasteiger partial charge in [-0.05, 0) is 0 Å². The van der Waals surface area contributed by atoms with Crippen LogP contribution in [-0.4, -0.2) is 0 Å². The topological polar surface area (TPSA) is 4.44 Å². The summed E-state index contributed by atoms with van der Waals surface area (Å²) < 4.78 is 23.4. The molecule has 0 atom stereocenters. The van der Waals surface area contributed by atoms with Crippen molar-refractivity contribution in [1.29, 1.82) is 0 Å². The van der Waals surface area contributed by atoms with Crippen molar-refractivity contribution in [1.82, 2.24) is 0 Å². The minimum absolute atomic E-state index is 0.00231. The van der Waals surface area contributed by atoms with Gasteiger partial charge in [0.15, 0.2) is 0 Å². The van der Waals surface area contributed by atoms with Crippen LogP contribution in [0.3, 0.4) is 0 Å². The van der Waals surface area contributed by atoms with Crippen molar-refractivity contribution in [2.24, 2.45) is 0 Å². The summed E-state index contributed by atoms with van der Waals surface area (Å²) in [7, 11) is 0. The van der Waals surface area contributed by atoms with Crippen molar-refractivity contribution in [3.05, 3.63) is 30.3 Å². The first-order chi connectivity index (χ1) is 4.30. The van der Waals surface area contributed by atoms with E-state index in [1.165, 1.54) is 12.1 Å². The summed E-state index contributed by atoms with van der Waals surface area (Å²) >= 11 is 0. The number of hydrogen-bond donors (Lipinski definition) is 1. The minimum atomic E-state index is -1.63. The molecule has 0 aromatic heterocycles. The van der Waals surface area contributed by atoms with Gasteiger partial charge in [0.25, 0.3) is 0 Å². The summed E-state index contributed by atoms with van der Waals surface area (Å²) in [5.41, 5.74) is -0.00231. The van der Waals surface area contributed by atoms with Crippen molar-refractivity contribution in [2.45, 2.75) is 0 Å². The molecule has 0 radical (unpaired) electrons. The Labute approximate surface area is 51.4 Å². The van der Waals surface area contributed by atoms with Crippen LogP contribution in [0.5, 0.6) is 0 Å². The quantitative estimate of drug-likeness (QED) is 0.540. The number of halogens is 2. The Morgan fingerprint density at radius 1 is 1.00 bits per heavy atom. The lowest BCUT2D eigenvalue weighted by Crippen LogP contribution is -2.90.